The van der Waals surface area contributed by atoms with Crippen molar-refractivity contribution in [1.82, 2.24) is 0 Å². The van der Waals surface area contributed by atoms with Gasteiger partial charge in [-0.1, -0.05) is 15.9 Å². The van der Waals surface area contributed by atoms with Crippen LogP contribution < -0.4 is 10.1 Å². The highest BCUT2D eigenvalue weighted by atomic mass is 79.9. The van der Waals surface area contributed by atoms with Crippen molar-refractivity contribution in [2.45, 2.75) is 26.4 Å². The number of nitro benzene ring substituents is 1. The van der Waals surface area contributed by atoms with Crippen LogP contribution in [0.1, 0.15) is 20.8 Å². The Labute approximate surface area is 108 Å². The van der Waals surface area contributed by atoms with Crippen molar-refractivity contribution in [3.8, 4) is 5.75 Å². The number of benzene rings is 1. The largest absolute Gasteiger partial charge is 0.481 e. The van der Waals surface area contributed by atoms with Gasteiger partial charge in [-0.25, -0.2) is 0 Å². The van der Waals surface area contributed by atoms with Crippen LogP contribution in [0, 0.1) is 10.1 Å². The predicted octanol–water partition coefficient (Wildman–Crippen LogP) is 3.58. The molecule has 1 N–H and O–H groups in total. The second-order valence-corrected chi connectivity index (χ2v) is 5.44. The molecule has 17 heavy (non-hydrogen) atoms. The summed E-state index contributed by atoms with van der Waals surface area (Å²) in [6, 6.07) is 3.25. The van der Waals surface area contributed by atoms with Crippen molar-refractivity contribution >= 4 is 27.3 Å². The molecule has 0 unspecified atom stereocenters. The molecule has 1 rings (SSSR count). The smallest absolute Gasteiger partial charge is 0.333 e. The molecule has 0 bridgehead atoms. The quantitative estimate of drug-likeness (QED) is 0.685. The van der Waals surface area contributed by atoms with Gasteiger partial charge in [-0.05, 0) is 26.8 Å². The molecule has 0 radical (unpaired) electrons. The summed E-state index contributed by atoms with van der Waals surface area (Å²) in [7, 11) is 1.63. The summed E-state index contributed by atoms with van der Waals surface area (Å²) < 4.78 is 6.33. The summed E-state index contributed by atoms with van der Waals surface area (Å²) in [5.41, 5.74) is -0.120. The fraction of sp³-hybridized carbons (Fsp3) is 0.455. The van der Waals surface area contributed by atoms with Gasteiger partial charge in [0.1, 0.15) is 11.3 Å². The molecule has 0 amide bonds. The van der Waals surface area contributed by atoms with Gasteiger partial charge in [0.2, 0.25) is 5.75 Å². The lowest BCUT2D eigenvalue weighted by molar-refractivity contribution is -0.385. The maximum Gasteiger partial charge on any atom is 0.333 e. The van der Waals surface area contributed by atoms with Gasteiger partial charge >= 0.3 is 5.69 Å². The Bertz CT molecular complexity index is 441. The summed E-state index contributed by atoms with van der Waals surface area (Å²) in [4.78, 5) is 10.6. The molecule has 0 aromatic heterocycles. The number of nitro groups is 1. The molecule has 0 saturated carbocycles. The molecule has 0 spiro atoms. The second kappa shape index (κ2) is 4.91. The SMILES string of the molecule is CNc1cc(Br)cc(OC(C)(C)C)c1[N+](=O)[O-]. The first kappa shape index (κ1) is 13.8. The third-order valence-electron chi connectivity index (χ3n) is 1.91. The molecular weight excluding hydrogens is 288 g/mol. The van der Waals surface area contributed by atoms with Gasteiger partial charge < -0.3 is 10.1 Å². The average molecular weight is 303 g/mol. The van der Waals surface area contributed by atoms with Crippen molar-refractivity contribution in [2.24, 2.45) is 0 Å². The fourth-order valence-corrected chi connectivity index (χ4v) is 1.80. The van der Waals surface area contributed by atoms with Gasteiger partial charge in [-0.2, -0.15) is 0 Å². The monoisotopic (exact) mass is 302 g/mol. The van der Waals surface area contributed by atoms with Crippen LogP contribution in [0.15, 0.2) is 16.6 Å². The minimum absolute atomic E-state index is 0.0503. The predicted molar refractivity (Wildman–Crippen MR) is 70.7 cm³/mol. The Kier molecular flexibility index (Phi) is 3.98. The van der Waals surface area contributed by atoms with Crippen LogP contribution >= 0.6 is 15.9 Å². The highest BCUT2D eigenvalue weighted by molar-refractivity contribution is 9.10. The molecular formula is C11H15BrN2O3. The van der Waals surface area contributed by atoms with E-state index in [0.717, 1.165) is 4.47 Å². The van der Waals surface area contributed by atoms with E-state index in [-0.39, 0.29) is 11.4 Å². The Morgan fingerprint density at radius 3 is 2.41 bits per heavy atom. The van der Waals surface area contributed by atoms with Crippen molar-refractivity contribution in [3.05, 3.63) is 26.7 Å². The van der Waals surface area contributed by atoms with Crippen LogP contribution in [-0.4, -0.2) is 17.6 Å². The first-order valence-electron chi connectivity index (χ1n) is 5.09. The number of nitrogens with zero attached hydrogens (tertiary/aromatic N) is 1. The van der Waals surface area contributed by atoms with Crippen LogP contribution in [0.2, 0.25) is 0 Å². The van der Waals surface area contributed by atoms with Crippen LogP contribution in [0.3, 0.4) is 0 Å². The lowest BCUT2D eigenvalue weighted by Crippen LogP contribution is -2.23. The van der Waals surface area contributed by atoms with E-state index >= 15 is 0 Å². The number of halogens is 1. The molecule has 0 aliphatic heterocycles. The zero-order valence-electron chi connectivity index (χ0n) is 10.2. The summed E-state index contributed by atoms with van der Waals surface area (Å²) >= 11 is 3.30. The first-order chi connectivity index (χ1) is 7.74. The molecule has 1 aromatic carbocycles. The van der Waals surface area contributed by atoms with Gasteiger partial charge in [0.15, 0.2) is 0 Å². The third-order valence-corrected chi connectivity index (χ3v) is 2.37. The van der Waals surface area contributed by atoms with Gasteiger partial charge in [-0.15, -0.1) is 0 Å². The van der Waals surface area contributed by atoms with E-state index in [1.807, 2.05) is 20.8 Å². The molecule has 94 valence electrons. The van der Waals surface area contributed by atoms with Gasteiger partial charge in [0.25, 0.3) is 0 Å². The van der Waals surface area contributed by atoms with E-state index in [4.69, 9.17) is 4.74 Å². The molecule has 0 fully saturated rings. The number of rotatable bonds is 3. The molecule has 5 nitrogen and oxygen atoms in total. The van der Waals surface area contributed by atoms with E-state index in [0.29, 0.717) is 5.69 Å². The topological polar surface area (TPSA) is 64.4 Å². The maximum absolute atomic E-state index is 11.1. The summed E-state index contributed by atoms with van der Waals surface area (Å²) in [6.07, 6.45) is 0. The Morgan fingerprint density at radius 1 is 1.41 bits per heavy atom. The van der Waals surface area contributed by atoms with Crippen molar-refractivity contribution < 1.29 is 9.66 Å². The number of hydrogen-bond donors (Lipinski definition) is 1. The lowest BCUT2D eigenvalue weighted by Gasteiger charge is -2.21. The zero-order valence-corrected chi connectivity index (χ0v) is 11.8. The number of anilines is 1. The molecule has 1 aromatic rings. The molecule has 6 heteroatoms. The van der Waals surface area contributed by atoms with E-state index in [2.05, 4.69) is 21.2 Å². The van der Waals surface area contributed by atoms with E-state index < -0.39 is 10.5 Å². The first-order valence-corrected chi connectivity index (χ1v) is 5.88. The van der Waals surface area contributed by atoms with Crippen molar-refractivity contribution in [1.29, 1.82) is 0 Å². The normalized spacial score (nSPS) is 11.1. The van der Waals surface area contributed by atoms with E-state index in [1.165, 1.54) is 0 Å². The van der Waals surface area contributed by atoms with Gasteiger partial charge in [0, 0.05) is 17.6 Å². The van der Waals surface area contributed by atoms with Crippen molar-refractivity contribution in [3.63, 3.8) is 0 Å². The maximum atomic E-state index is 11.1. The molecule has 0 saturated heterocycles. The van der Waals surface area contributed by atoms with E-state index in [9.17, 15) is 10.1 Å². The third kappa shape index (κ3) is 3.59. The molecule has 0 heterocycles. The summed E-state index contributed by atoms with van der Waals surface area (Å²) in [5.74, 6) is 0.251. The highest BCUT2D eigenvalue weighted by Gasteiger charge is 2.25. The summed E-state index contributed by atoms with van der Waals surface area (Å²) in [6.45, 7) is 5.53. The standard InChI is InChI=1S/C11H15BrN2O3/c1-11(2,3)17-9-6-7(12)5-8(13-4)10(9)14(15)16/h5-6,13H,1-4H3. The Hall–Kier alpha value is -1.30. The van der Waals surface area contributed by atoms with Crippen molar-refractivity contribution in [2.75, 3.05) is 12.4 Å². The van der Waals surface area contributed by atoms with Gasteiger partial charge in [0.05, 0.1) is 4.92 Å². The van der Waals surface area contributed by atoms with Gasteiger partial charge in [-0.3, -0.25) is 10.1 Å². The lowest BCUT2D eigenvalue weighted by atomic mass is 10.2. The van der Waals surface area contributed by atoms with Crippen LogP contribution in [-0.2, 0) is 0 Å². The van der Waals surface area contributed by atoms with Crippen LogP contribution in [0.25, 0.3) is 0 Å². The average Bonchev–Trinajstić information content (AvgIpc) is 2.12. The van der Waals surface area contributed by atoms with Crippen LogP contribution in [0.5, 0.6) is 5.75 Å². The number of nitrogens with one attached hydrogen (secondary N) is 1. The summed E-state index contributed by atoms with van der Waals surface area (Å²) in [5, 5.41) is 13.9. The second-order valence-electron chi connectivity index (χ2n) is 4.52. The minimum atomic E-state index is -0.490. The zero-order chi connectivity index (χ0) is 13.2. The molecule has 0 aliphatic carbocycles. The Morgan fingerprint density at radius 2 is 2.00 bits per heavy atom. The Balaban J connectivity index is 3.35. The number of hydrogen-bond acceptors (Lipinski definition) is 4. The van der Waals surface area contributed by atoms with E-state index in [1.54, 1.807) is 19.2 Å². The number of ether oxygens (including phenoxy) is 1. The fourth-order valence-electron chi connectivity index (χ4n) is 1.36. The molecule has 0 atom stereocenters. The van der Waals surface area contributed by atoms with Crippen LogP contribution in [0.4, 0.5) is 11.4 Å². The highest BCUT2D eigenvalue weighted by Crippen LogP contribution is 2.39. The molecule has 0 aliphatic rings. The minimum Gasteiger partial charge on any atom is -0.481 e.